The van der Waals surface area contributed by atoms with E-state index in [1.165, 1.54) is 61.2 Å². The van der Waals surface area contributed by atoms with Crippen molar-refractivity contribution in [3.8, 4) is 0 Å². The number of rotatable bonds is 6. The van der Waals surface area contributed by atoms with E-state index >= 15 is 0 Å². The van der Waals surface area contributed by atoms with Gasteiger partial charge < -0.3 is 0 Å². The summed E-state index contributed by atoms with van der Waals surface area (Å²) in [6, 6.07) is 36.7. The van der Waals surface area contributed by atoms with Crippen molar-refractivity contribution in [1.29, 1.82) is 0 Å². The van der Waals surface area contributed by atoms with Crippen LogP contribution < -0.4 is 0 Å². The summed E-state index contributed by atoms with van der Waals surface area (Å²) in [6.07, 6.45) is 2.06. The fourth-order valence-electron chi connectivity index (χ4n) is 8.39. The highest BCUT2D eigenvalue weighted by Crippen LogP contribution is 2.57. The first-order valence-corrected chi connectivity index (χ1v) is 20.9. The van der Waals surface area contributed by atoms with E-state index < -0.39 is 11.7 Å². The quantitative estimate of drug-likeness (QED) is 0.183. The lowest BCUT2D eigenvalue weighted by molar-refractivity contribution is -0.314. The Morgan fingerprint density at radius 2 is 0.821 bits per heavy atom. The first kappa shape index (κ1) is 41.6. The minimum Gasteiger partial charge on any atom is -0.222 e. The Kier molecular flexibility index (Phi) is 11.0. The average molecular weight is 749 g/mol. The van der Waals surface area contributed by atoms with Crippen molar-refractivity contribution in [3.63, 3.8) is 0 Å². The number of allylic oxidation sites excluding steroid dienone is 2. The van der Waals surface area contributed by atoms with Gasteiger partial charge in [-0.1, -0.05) is 214 Å². The van der Waals surface area contributed by atoms with Gasteiger partial charge in [0.1, 0.15) is 6.10 Å². The SMILES string of the molecule is CC(C)C1=CC(C(C)C)=C2C(OOC2(c2ccc(C(C)(C)C)cc2)c2ccc(C(C)(C)C)cc2)C1=C(c1ccc(C(C)(C)C)cc1)c1ccc(C(C)(C)C)cc1. The van der Waals surface area contributed by atoms with E-state index in [1.54, 1.807) is 0 Å². The van der Waals surface area contributed by atoms with Crippen molar-refractivity contribution in [1.82, 2.24) is 0 Å². The molecule has 0 saturated carbocycles. The van der Waals surface area contributed by atoms with Gasteiger partial charge in [-0.25, -0.2) is 9.78 Å². The molecule has 0 amide bonds. The van der Waals surface area contributed by atoms with Gasteiger partial charge in [0.05, 0.1) is 0 Å². The lowest BCUT2D eigenvalue weighted by atomic mass is 9.67. The number of hydrogen-bond donors (Lipinski definition) is 0. The van der Waals surface area contributed by atoms with Gasteiger partial charge in [0.2, 0.25) is 0 Å². The van der Waals surface area contributed by atoms with Crippen LogP contribution >= 0.6 is 0 Å². The predicted molar refractivity (Wildman–Crippen MR) is 238 cm³/mol. The second-order valence-corrected chi connectivity index (χ2v) is 21.1. The standard InChI is InChI=1S/C54H68O2/c1-34(2)44-33-45(35(3)4)48-49(47(44)46(36-17-21-38(22-18-36)50(5,6)7)37-19-23-39(24-20-37)51(8,9)10)55-56-54(48,42-29-25-40(26-30-42)52(11,12)13)43-31-27-41(28-32-43)53(14,15)16/h17-35,49H,1-16H3. The highest BCUT2D eigenvalue weighted by molar-refractivity contribution is 5.87. The molecular formula is C54H68O2. The molecule has 56 heavy (non-hydrogen) atoms. The third-order valence-electron chi connectivity index (χ3n) is 12.0. The second-order valence-electron chi connectivity index (χ2n) is 21.1. The highest BCUT2D eigenvalue weighted by Gasteiger charge is 2.55. The normalized spacial score (nSPS) is 17.8. The molecule has 2 nitrogen and oxygen atoms in total. The summed E-state index contributed by atoms with van der Waals surface area (Å²) in [5, 5.41) is 0. The first-order valence-electron chi connectivity index (χ1n) is 20.9. The molecule has 1 saturated heterocycles. The molecule has 6 rings (SSSR count). The van der Waals surface area contributed by atoms with Crippen LogP contribution in [0.15, 0.2) is 125 Å². The van der Waals surface area contributed by atoms with Crippen molar-refractivity contribution in [2.75, 3.05) is 0 Å². The largest absolute Gasteiger partial charge is 0.222 e. The van der Waals surface area contributed by atoms with Crippen LogP contribution in [0.4, 0.5) is 0 Å². The van der Waals surface area contributed by atoms with Gasteiger partial charge >= 0.3 is 0 Å². The molecule has 1 aliphatic heterocycles. The monoisotopic (exact) mass is 749 g/mol. The third kappa shape index (κ3) is 7.81. The zero-order valence-corrected chi connectivity index (χ0v) is 37.4. The molecule has 0 bridgehead atoms. The van der Waals surface area contributed by atoms with E-state index in [-0.39, 0.29) is 33.5 Å². The molecule has 2 heteroatoms. The van der Waals surface area contributed by atoms with Crippen molar-refractivity contribution in [2.45, 2.75) is 144 Å². The van der Waals surface area contributed by atoms with Crippen molar-refractivity contribution < 1.29 is 9.78 Å². The van der Waals surface area contributed by atoms with Crippen LogP contribution in [-0.2, 0) is 37.0 Å². The Morgan fingerprint density at radius 3 is 1.12 bits per heavy atom. The summed E-state index contributed by atoms with van der Waals surface area (Å²) in [5.41, 5.74) is 15.0. The lowest BCUT2D eigenvalue weighted by Crippen LogP contribution is -2.34. The molecule has 296 valence electrons. The molecule has 1 heterocycles. The molecule has 0 radical (unpaired) electrons. The van der Waals surface area contributed by atoms with Crippen molar-refractivity contribution in [3.05, 3.63) is 170 Å². The van der Waals surface area contributed by atoms with Crippen LogP contribution in [0.5, 0.6) is 0 Å². The fourth-order valence-corrected chi connectivity index (χ4v) is 8.39. The summed E-state index contributed by atoms with van der Waals surface area (Å²) in [4.78, 5) is 14.0. The maximum Gasteiger partial charge on any atom is 0.178 e. The molecule has 0 aromatic heterocycles. The topological polar surface area (TPSA) is 18.5 Å². The number of benzene rings is 4. The number of hydrogen-bond acceptors (Lipinski definition) is 2. The summed E-state index contributed by atoms with van der Waals surface area (Å²) in [6.45, 7) is 36.6. The third-order valence-corrected chi connectivity index (χ3v) is 12.0. The molecule has 4 aromatic carbocycles. The Morgan fingerprint density at radius 1 is 0.482 bits per heavy atom. The average Bonchev–Trinajstić information content (AvgIpc) is 3.52. The summed E-state index contributed by atoms with van der Waals surface area (Å²) in [7, 11) is 0. The molecule has 4 aromatic rings. The van der Waals surface area contributed by atoms with Crippen molar-refractivity contribution in [2.24, 2.45) is 11.8 Å². The Balaban J connectivity index is 1.71. The summed E-state index contributed by atoms with van der Waals surface area (Å²) >= 11 is 0. The van der Waals surface area contributed by atoms with E-state index in [4.69, 9.17) is 9.78 Å². The zero-order valence-electron chi connectivity index (χ0n) is 37.4. The molecule has 1 fully saturated rings. The van der Waals surface area contributed by atoms with Crippen LogP contribution in [0.2, 0.25) is 0 Å². The van der Waals surface area contributed by atoms with Crippen LogP contribution in [0.3, 0.4) is 0 Å². The van der Waals surface area contributed by atoms with Crippen LogP contribution in [0.1, 0.15) is 155 Å². The second kappa shape index (κ2) is 14.8. The predicted octanol–water partition coefficient (Wildman–Crippen LogP) is 14.5. The molecular weight excluding hydrogens is 681 g/mol. The van der Waals surface area contributed by atoms with Crippen molar-refractivity contribution >= 4 is 5.57 Å². The van der Waals surface area contributed by atoms with Gasteiger partial charge in [-0.15, -0.1) is 0 Å². The molecule has 0 N–H and O–H groups in total. The Bertz CT molecular complexity index is 2000. The van der Waals surface area contributed by atoms with Gasteiger partial charge in [-0.3, -0.25) is 0 Å². The smallest absolute Gasteiger partial charge is 0.178 e. The molecule has 0 spiro atoms. The van der Waals surface area contributed by atoms with E-state index in [0.717, 1.165) is 11.1 Å². The Hall–Kier alpha value is -3.98. The van der Waals surface area contributed by atoms with Gasteiger partial charge in [0.25, 0.3) is 0 Å². The van der Waals surface area contributed by atoms with Crippen LogP contribution in [0, 0.1) is 11.8 Å². The van der Waals surface area contributed by atoms with Gasteiger partial charge in [-0.05, 0) is 94.7 Å². The van der Waals surface area contributed by atoms with E-state index in [2.05, 4.69) is 214 Å². The van der Waals surface area contributed by atoms with Gasteiger partial charge in [0.15, 0.2) is 5.60 Å². The molecule has 1 atom stereocenters. The molecule has 1 aliphatic carbocycles. The van der Waals surface area contributed by atoms with Crippen LogP contribution in [0.25, 0.3) is 5.57 Å². The first-order chi connectivity index (χ1) is 25.9. The minimum atomic E-state index is -0.960. The van der Waals surface area contributed by atoms with Gasteiger partial charge in [0, 0.05) is 11.1 Å². The van der Waals surface area contributed by atoms with E-state index in [9.17, 15) is 0 Å². The Labute approximate surface area is 340 Å². The summed E-state index contributed by atoms with van der Waals surface area (Å²) in [5.74, 6) is 0.476. The fraction of sp³-hybridized carbons (Fsp3) is 0.444. The number of fused-ring (bicyclic) bond motifs is 1. The van der Waals surface area contributed by atoms with Crippen LogP contribution in [-0.4, -0.2) is 6.10 Å². The maximum atomic E-state index is 7.07. The van der Waals surface area contributed by atoms with Gasteiger partial charge in [-0.2, -0.15) is 0 Å². The molecule has 2 aliphatic rings. The molecule has 1 unspecified atom stereocenters. The highest BCUT2D eigenvalue weighted by atomic mass is 17.2. The zero-order chi connectivity index (χ0) is 41.2. The van der Waals surface area contributed by atoms with E-state index in [0.29, 0.717) is 0 Å². The summed E-state index contributed by atoms with van der Waals surface area (Å²) < 4.78 is 0. The lowest BCUT2D eigenvalue weighted by Gasteiger charge is -2.36. The van der Waals surface area contributed by atoms with E-state index in [1.807, 2.05) is 0 Å². The minimum absolute atomic E-state index is 0.0214. The maximum absolute atomic E-state index is 7.07.